The van der Waals surface area contributed by atoms with Crippen LogP contribution in [0, 0.1) is 0 Å². The summed E-state index contributed by atoms with van der Waals surface area (Å²) in [6, 6.07) is 3.73. The molecule has 216 valence electrons. The number of fused-ring (bicyclic) bond motifs is 1. The summed E-state index contributed by atoms with van der Waals surface area (Å²) in [5.74, 6) is -5.26. The Labute approximate surface area is 223 Å². The van der Waals surface area contributed by atoms with Gasteiger partial charge in [-0.05, 0) is 31.4 Å². The first kappa shape index (κ1) is 30.0. The Kier molecular flexibility index (Phi) is 8.77. The Bertz CT molecular complexity index is 1390. The number of halogens is 3. The number of aliphatic hydroxyl groups is 1. The van der Waals surface area contributed by atoms with Crippen molar-refractivity contribution in [2.75, 3.05) is 6.54 Å². The Hall–Kier alpha value is -4.54. The minimum Gasteiger partial charge on any atom is -0.481 e. The summed E-state index contributed by atoms with van der Waals surface area (Å²) >= 11 is 0. The molecule has 3 aromatic rings. The number of aryl methyl sites for hydroxylation is 1. The van der Waals surface area contributed by atoms with Gasteiger partial charge in [0.15, 0.2) is 11.2 Å². The van der Waals surface area contributed by atoms with Gasteiger partial charge >= 0.3 is 24.1 Å². The molecule has 4 heterocycles. The first-order valence-corrected chi connectivity index (χ1v) is 11.8. The van der Waals surface area contributed by atoms with E-state index in [2.05, 4.69) is 20.3 Å². The summed E-state index contributed by atoms with van der Waals surface area (Å²) < 4.78 is 41.2. The average Bonchev–Trinajstić information content (AvgIpc) is 3.62. The predicted octanol–water partition coefficient (Wildman–Crippen LogP) is 1.76. The number of carboxylic acids is 3. The third-order valence-electron chi connectivity index (χ3n) is 6.02. The number of carbonyl (C=O) groups is 4. The molecule has 0 bridgehead atoms. The van der Waals surface area contributed by atoms with Crippen molar-refractivity contribution in [3.63, 3.8) is 0 Å². The Morgan fingerprint density at radius 2 is 1.75 bits per heavy atom. The molecule has 0 saturated carbocycles. The van der Waals surface area contributed by atoms with Crippen LogP contribution in [0.2, 0.25) is 0 Å². The number of carbonyl (C=O) groups excluding carboxylic acids is 1. The van der Waals surface area contributed by atoms with Crippen LogP contribution >= 0.6 is 0 Å². The van der Waals surface area contributed by atoms with Crippen molar-refractivity contribution < 1.29 is 52.8 Å². The monoisotopic (exact) mass is 570 g/mol. The maximum Gasteiger partial charge on any atom is 0.433 e. The highest BCUT2D eigenvalue weighted by atomic mass is 19.4. The highest BCUT2D eigenvalue weighted by Gasteiger charge is 2.41. The number of hydrogen-bond acceptors (Lipinski definition) is 8. The summed E-state index contributed by atoms with van der Waals surface area (Å²) in [7, 11) is 0. The molecule has 14 nitrogen and oxygen atoms in total. The van der Waals surface area contributed by atoms with Gasteiger partial charge in [0.25, 0.3) is 5.91 Å². The quantitative estimate of drug-likeness (QED) is 0.263. The van der Waals surface area contributed by atoms with Crippen LogP contribution < -0.4 is 0 Å². The maximum atomic E-state index is 13.4. The van der Waals surface area contributed by atoms with E-state index in [1.165, 1.54) is 12.3 Å². The van der Waals surface area contributed by atoms with E-state index >= 15 is 0 Å². The second kappa shape index (κ2) is 11.7. The summed E-state index contributed by atoms with van der Waals surface area (Å²) in [4.78, 5) is 49.0. The molecule has 1 aliphatic heterocycles. The van der Waals surface area contributed by atoms with Crippen molar-refractivity contribution in [3.05, 3.63) is 47.2 Å². The van der Waals surface area contributed by atoms with E-state index in [0.717, 1.165) is 17.0 Å². The molecule has 17 heteroatoms. The van der Waals surface area contributed by atoms with Crippen LogP contribution in [-0.2, 0) is 27.0 Å². The van der Waals surface area contributed by atoms with Gasteiger partial charge in [0.05, 0.1) is 24.6 Å². The standard InChI is InChI=1S/C17H17F3N6O.C6H8O7/c1-2-10-8-14(17(18,19)20)26-15(22-10)9-12(24-26)13-4-3-7-25(13)16(27)11-5-6-21-23-11;7-3(8)1-6(13,5(11)12)2-4(9)10/h5-6,8-9,13H,2-4,7H2,1H3,(H,21,23);13H,1-2H2,(H,7,8)(H,9,10)(H,11,12). The number of rotatable bonds is 8. The van der Waals surface area contributed by atoms with Gasteiger partial charge in [-0.3, -0.25) is 19.5 Å². The second-order valence-electron chi connectivity index (χ2n) is 8.93. The van der Waals surface area contributed by atoms with Gasteiger partial charge in [0.1, 0.15) is 11.4 Å². The highest BCUT2D eigenvalue weighted by Crippen LogP contribution is 2.35. The van der Waals surface area contributed by atoms with E-state index in [1.54, 1.807) is 17.9 Å². The molecule has 1 fully saturated rings. The van der Waals surface area contributed by atoms with E-state index in [9.17, 15) is 32.3 Å². The fraction of sp³-hybridized carbons (Fsp3) is 0.435. The molecule has 1 saturated heterocycles. The molecule has 3 aromatic heterocycles. The van der Waals surface area contributed by atoms with Gasteiger partial charge in [0.2, 0.25) is 0 Å². The SMILES string of the molecule is CCc1cc(C(F)(F)F)n2nc(C3CCCN3C(=O)c3ccn[nH]3)cc2n1.O=C(O)CC(O)(CC(=O)O)C(=O)O. The van der Waals surface area contributed by atoms with Gasteiger partial charge < -0.3 is 25.3 Å². The molecule has 40 heavy (non-hydrogen) atoms. The lowest BCUT2D eigenvalue weighted by Crippen LogP contribution is -2.42. The van der Waals surface area contributed by atoms with Crippen LogP contribution in [0.3, 0.4) is 0 Å². The molecule has 0 spiro atoms. The molecule has 0 aromatic carbocycles. The number of alkyl halides is 3. The van der Waals surface area contributed by atoms with Gasteiger partial charge in [-0.25, -0.2) is 14.3 Å². The van der Waals surface area contributed by atoms with Crippen LogP contribution in [-0.4, -0.2) is 86.1 Å². The molecule has 0 radical (unpaired) electrons. The normalized spacial score (nSPS) is 15.5. The zero-order valence-electron chi connectivity index (χ0n) is 20.9. The van der Waals surface area contributed by atoms with E-state index < -0.39 is 54.3 Å². The number of aromatic amines is 1. The molecule has 5 N–H and O–H groups in total. The zero-order chi connectivity index (χ0) is 29.8. The fourth-order valence-electron chi connectivity index (χ4n) is 4.15. The molecular weight excluding hydrogens is 545 g/mol. The van der Waals surface area contributed by atoms with Crippen molar-refractivity contribution in [1.82, 2.24) is 29.7 Å². The van der Waals surface area contributed by atoms with E-state index in [4.69, 9.17) is 20.4 Å². The Morgan fingerprint density at radius 3 is 2.25 bits per heavy atom. The molecular formula is C23H25F3N6O8. The summed E-state index contributed by atoms with van der Waals surface area (Å²) in [5.41, 5.74) is -2.37. The maximum absolute atomic E-state index is 13.4. The van der Waals surface area contributed by atoms with Gasteiger partial charge in [-0.1, -0.05) is 6.92 Å². The summed E-state index contributed by atoms with van der Waals surface area (Å²) in [6.07, 6.45) is -3.59. The average molecular weight is 570 g/mol. The lowest BCUT2D eigenvalue weighted by molar-refractivity contribution is -0.170. The molecule has 1 atom stereocenters. The van der Waals surface area contributed by atoms with Gasteiger partial charge in [0, 0.05) is 24.5 Å². The highest BCUT2D eigenvalue weighted by molar-refractivity contribution is 5.92. The molecule has 1 unspecified atom stereocenters. The number of nitrogens with zero attached hydrogens (tertiary/aromatic N) is 5. The third kappa shape index (κ3) is 6.71. The number of carboxylic acid groups (broad SMARTS) is 3. The minimum atomic E-state index is -4.55. The number of aromatic nitrogens is 5. The minimum absolute atomic E-state index is 0.137. The van der Waals surface area contributed by atoms with E-state index in [1.807, 2.05) is 0 Å². The third-order valence-corrected chi connectivity index (χ3v) is 6.02. The number of nitrogens with one attached hydrogen (secondary N) is 1. The van der Waals surface area contributed by atoms with E-state index in [-0.39, 0.29) is 11.6 Å². The topological polar surface area (TPSA) is 211 Å². The van der Waals surface area contributed by atoms with Crippen LogP contribution in [0.15, 0.2) is 24.4 Å². The molecule has 0 aliphatic carbocycles. The van der Waals surface area contributed by atoms with Crippen LogP contribution in [0.25, 0.3) is 5.65 Å². The van der Waals surface area contributed by atoms with Gasteiger partial charge in [-0.2, -0.15) is 23.4 Å². The van der Waals surface area contributed by atoms with Crippen LogP contribution in [0.1, 0.15) is 66.2 Å². The molecule has 1 amide bonds. The van der Waals surface area contributed by atoms with Crippen molar-refractivity contribution in [3.8, 4) is 0 Å². The van der Waals surface area contributed by atoms with Gasteiger partial charge in [-0.15, -0.1) is 0 Å². The number of H-pyrrole nitrogens is 1. The van der Waals surface area contributed by atoms with E-state index in [0.29, 0.717) is 36.5 Å². The number of amides is 1. The van der Waals surface area contributed by atoms with Crippen molar-refractivity contribution in [2.24, 2.45) is 0 Å². The molecule has 1 aliphatic rings. The first-order valence-electron chi connectivity index (χ1n) is 11.8. The lowest BCUT2D eigenvalue weighted by Gasteiger charge is -2.22. The number of likely N-dealkylation sites (tertiary alicyclic amines) is 1. The Morgan fingerprint density at radius 1 is 1.10 bits per heavy atom. The van der Waals surface area contributed by atoms with Crippen LogP contribution in [0.5, 0.6) is 0 Å². The zero-order valence-corrected chi connectivity index (χ0v) is 20.9. The van der Waals surface area contributed by atoms with Crippen molar-refractivity contribution in [2.45, 2.75) is 56.8 Å². The smallest absolute Gasteiger partial charge is 0.433 e. The Balaban J connectivity index is 0.000000289. The largest absolute Gasteiger partial charge is 0.481 e. The lowest BCUT2D eigenvalue weighted by atomic mass is 9.96. The summed E-state index contributed by atoms with van der Waals surface area (Å²) in [6.45, 7) is 2.26. The van der Waals surface area contributed by atoms with Crippen molar-refractivity contribution in [1.29, 1.82) is 0 Å². The number of aliphatic carboxylic acids is 3. The summed E-state index contributed by atoms with van der Waals surface area (Å²) in [5, 5.41) is 44.4. The molecule has 4 rings (SSSR count). The first-order chi connectivity index (χ1) is 18.7. The van der Waals surface area contributed by atoms with Crippen molar-refractivity contribution >= 4 is 29.5 Å². The fourth-order valence-corrected chi connectivity index (χ4v) is 4.15. The predicted molar refractivity (Wildman–Crippen MR) is 126 cm³/mol. The number of hydrogen-bond donors (Lipinski definition) is 5. The van der Waals surface area contributed by atoms with Crippen LogP contribution in [0.4, 0.5) is 13.2 Å². The second-order valence-corrected chi connectivity index (χ2v) is 8.93.